The Balaban J connectivity index is 1.66. The van der Waals surface area contributed by atoms with Crippen molar-refractivity contribution < 1.29 is 77.4 Å². The lowest BCUT2D eigenvalue weighted by Gasteiger charge is -2.50. The largest absolute Gasteiger partial charge is 0.462 e. The average Bonchev–Trinajstić information content (AvgIpc) is 3.89. The molecule has 4 rings (SSSR count). The number of nitrogens with zero attached hydrogens (tertiary/aromatic N) is 1. The predicted octanol–water partition coefficient (Wildman–Crippen LogP) is 1.77. The summed E-state index contributed by atoms with van der Waals surface area (Å²) in [7, 11) is 4.91. The Morgan fingerprint density at radius 1 is 0.914 bits per heavy atom. The number of likely N-dealkylation sites (N-methyl/N-ethyl adjacent to an activating group) is 1. The van der Waals surface area contributed by atoms with Crippen molar-refractivity contribution in [1.29, 1.82) is 0 Å². The fourth-order valence-electron chi connectivity index (χ4n) is 8.45. The van der Waals surface area contributed by atoms with Crippen LogP contribution in [0, 0.1) is 11.8 Å². The number of aliphatic hydroxyl groups is 4. The normalized spacial score (nSPS) is 43.5. The molecule has 17 nitrogen and oxygen atoms in total. The standard InChI is InChI=1S/C41H69NO16/c1-11-30(45)55-29-19-32(47)51-22(4)18-28-27(54-28)14-13-26(44)21(3)17-25(15-16-43)37(38(29)50-10)58-40-35(48)34(42(8)9)36(23(5)53-40)57-33-20-41(7,49)39(24(6)52-33)56-31(46)12-2/h13-14,21-29,33-40,43-44,48-49H,11-12,15-20H2,1-10H3/b14-13+/t21-,22+,23+,24+,25+,26+,27+,28+,29-,33-,34+,35-,36+,37-,38-,39-,40+,41-/m0/s1. The van der Waals surface area contributed by atoms with Gasteiger partial charge < -0.3 is 68.0 Å². The van der Waals surface area contributed by atoms with E-state index in [0.29, 0.717) is 6.42 Å². The number of hydrogen-bond donors (Lipinski definition) is 4. The number of fused-ring (bicyclic) bond motifs is 1. The van der Waals surface area contributed by atoms with E-state index in [9.17, 15) is 34.8 Å². The Kier molecular flexibility index (Phi) is 17.9. The molecular weight excluding hydrogens is 762 g/mol. The molecule has 58 heavy (non-hydrogen) atoms. The number of methoxy groups -OCH3 is 1. The number of esters is 3. The molecule has 3 fully saturated rings. The maximum Gasteiger partial charge on any atom is 0.309 e. The van der Waals surface area contributed by atoms with Gasteiger partial charge in [-0.2, -0.15) is 0 Å². The molecule has 0 radical (unpaired) electrons. The molecule has 334 valence electrons. The number of rotatable bonds is 12. The molecule has 4 heterocycles. The molecule has 0 bridgehead atoms. The molecule has 3 saturated heterocycles. The third-order valence-electron chi connectivity index (χ3n) is 11.6. The van der Waals surface area contributed by atoms with E-state index in [1.54, 1.807) is 72.7 Å². The van der Waals surface area contributed by atoms with Crippen molar-refractivity contribution in [1.82, 2.24) is 4.90 Å². The molecule has 4 N–H and O–H groups in total. The van der Waals surface area contributed by atoms with E-state index in [2.05, 4.69) is 0 Å². The summed E-state index contributed by atoms with van der Waals surface area (Å²) in [5, 5.41) is 45.1. The zero-order chi connectivity index (χ0) is 43.1. The van der Waals surface area contributed by atoms with Crippen LogP contribution in [0.2, 0.25) is 0 Å². The third-order valence-corrected chi connectivity index (χ3v) is 11.6. The zero-order valence-electron chi connectivity index (χ0n) is 35.8. The maximum absolute atomic E-state index is 13.4. The highest BCUT2D eigenvalue weighted by atomic mass is 16.7. The summed E-state index contributed by atoms with van der Waals surface area (Å²) < 4.78 is 54.6. The van der Waals surface area contributed by atoms with Crippen molar-refractivity contribution >= 4 is 17.9 Å². The first-order valence-corrected chi connectivity index (χ1v) is 20.8. The summed E-state index contributed by atoms with van der Waals surface area (Å²) in [5.74, 6) is -2.65. The molecule has 18 atom stereocenters. The van der Waals surface area contributed by atoms with E-state index >= 15 is 0 Å². The van der Waals surface area contributed by atoms with Crippen molar-refractivity contribution in [2.24, 2.45) is 11.8 Å². The van der Waals surface area contributed by atoms with Gasteiger partial charge in [-0.1, -0.05) is 32.9 Å². The zero-order valence-corrected chi connectivity index (χ0v) is 35.8. The van der Waals surface area contributed by atoms with E-state index in [1.165, 1.54) is 7.11 Å². The monoisotopic (exact) mass is 831 g/mol. The van der Waals surface area contributed by atoms with Crippen LogP contribution in [-0.4, -0.2) is 169 Å². The predicted molar refractivity (Wildman–Crippen MR) is 206 cm³/mol. The van der Waals surface area contributed by atoms with Crippen molar-refractivity contribution in [3.05, 3.63) is 12.2 Å². The van der Waals surface area contributed by atoms with Crippen molar-refractivity contribution in [2.45, 2.75) is 191 Å². The molecular formula is C41H69NO16. The molecule has 0 aromatic rings. The quantitative estimate of drug-likeness (QED) is 0.0953. The second kappa shape index (κ2) is 21.5. The van der Waals surface area contributed by atoms with Crippen LogP contribution in [0.4, 0.5) is 0 Å². The molecule has 17 heteroatoms. The maximum atomic E-state index is 13.4. The van der Waals surface area contributed by atoms with Crippen LogP contribution in [-0.2, 0) is 57.0 Å². The van der Waals surface area contributed by atoms with Gasteiger partial charge in [-0.25, -0.2) is 0 Å². The fourth-order valence-corrected chi connectivity index (χ4v) is 8.45. The molecule has 0 amide bonds. The van der Waals surface area contributed by atoms with Gasteiger partial charge >= 0.3 is 17.9 Å². The first-order valence-electron chi connectivity index (χ1n) is 20.8. The Morgan fingerprint density at radius 2 is 1.59 bits per heavy atom. The highest BCUT2D eigenvalue weighted by molar-refractivity contribution is 5.72. The Bertz CT molecular complexity index is 1360. The van der Waals surface area contributed by atoms with E-state index in [1.807, 2.05) is 6.92 Å². The Hall–Kier alpha value is -2.29. The Labute approximate surface area is 342 Å². The highest BCUT2D eigenvalue weighted by Gasteiger charge is 2.53. The van der Waals surface area contributed by atoms with Crippen molar-refractivity contribution in [3.8, 4) is 0 Å². The highest BCUT2D eigenvalue weighted by Crippen LogP contribution is 2.38. The average molecular weight is 832 g/mol. The van der Waals surface area contributed by atoms with Gasteiger partial charge in [0.15, 0.2) is 18.7 Å². The van der Waals surface area contributed by atoms with Gasteiger partial charge in [-0.15, -0.1) is 0 Å². The number of epoxide rings is 1. The molecule has 4 aliphatic rings. The van der Waals surface area contributed by atoms with Gasteiger partial charge in [-0.3, -0.25) is 14.4 Å². The van der Waals surface area contributed by atoms with Crippen molar-refractivity contribution in [3.63, 3.8) is 0 Å². The summed E-state index contributed by atoms with van der Waals surface area (Å²) in [5.41, 5.74) is -1.48. The summed E-state index contributed by atoms with van der Waals surface area (Å²) in [6, 6.07) is -0.763. The summed E-state index contributed by atoms with van der Waals surface area (Å²) >= 11 is 0. The summed E-state index contributed by atoms with van der Waals surface area (Å²) in [4.78, 5) is 40.2. The van der Waals surface area contributed by atoms with Gasteiger partial charge in [0.05, 0.1) is 43.0 Å². The topological polar surface area (TPSA) is 222 Å². The SMILES string of the molecule is CCC(=O)O[C@H]1CC(=O)O[C@H](C)C[C@H]2O[C@@H]2/C=C/[C@@H](O)[C@@H](C)C[C@@H](CCO)[C@H](O[C@H]2O[C@H](C)[C@@H](O[C@H]3C[C@](C)(O)[C@@H](OC(=O)CC)[C@@H](C)O3)[C@H](N(C)C)[C@@H]2O)[C@H]1OC. The lowest BCUT2D eigenvalue weighted by atomic mass is 9.82. The molecule has 0 saturated carbocycles. The lowest BCUT2D eigenvalue weighted by Crippen LogP contribution is -2.66. The Morgan fingerprint density at radius 3 is 2.19 bits per heavy atom. The molecule has 0 spiro atoms. The van der Waals surface area contributed by atoms with Crippen molar-refractivity contribution in [2.75, 3.05) is 27.8 Å². The number of cyclic esters (lactones) is 1. The number of carbonyl (C=O) groups is 3. The van der Waals surface area contributed by atoms with Gasteiger partial charge in [0.2, 0.25) is 0 Å². The van der Waals surface area contributed by atoms with Gasteiger partial charge in [0.25, 0.3) is 0 Å². The smallest absolute Gasteiger partial charge is 0.309 e. The van der Waals surface area contributed by atoms with Crippen LogP contribution in [0.5, 0.6) is 0 Å². The minimum absolute atomic E-state index is 0.0112. The van der Waals surface area contributed by atoms with Crippen LogP contribution in [0.3, 0.4) is 0 Å². The van der Waals surface area contributed by atoms with Crippen LogP contribution in [0.15, 0.2) is 12.2 Å². The molecule has 0 aromatic carbocycles. The van der Waals surface area contributed by atoms with Gasteiger partial charge in [0.1, 0.15) is 42.2 Å². The van der Waals surface area contributed by atoms with E-state index in [-0.39, 0.29) is 63.3 Å². The first kappa shape index (κ1) is 48.4. The lowest BCUT2D eigenvalue weighted by molar-refractivity contribution is -0.344. The van der Waals surface area contributed by atoms with Crippen LogP contribution in [0.25, 0.3) is 0 Å². The molecule has 0 aromatic heterocycles. The van der Waals surface area contributed by atoms with E-state index in [4.69, 9.17) is 42.6 Å². The van der Waals surface area contributed by atoms with E-state index in [0.717, 1.165) is 0 Å². The van der Waals surface area contributed by atoms with Gasteiger partial charge in [-0.05, 0) is 66.5 Å². The second-order valence-corrected chi connectivity index (χ2v) is 16.8. The summed E-state index contributed by atoms with van der Waals surface area (Å²) in [6.07, 6.45) is -8.02. The second-order valence-electron chi connectivity index (χ2n) is 16.8. The number of aliphatic hydroxyl groups excluding tert-OH is 3. The van der Waals surface area contributed by atoms with Crippen LogP contribution < -0.4 is 0 Å². The van der Waals surface area contributed by atoms with Crippen LogP contribution >= 0.6 is 0 Å². The fraction of sp³-hybridized carbons (Fsp3) is 0.878. The van der Waals surface area contributed by atoms with Crippen LogP contribution in [0.1, 0.15) is 93.4 Å². The number of hydrogen-bond acceptors (Lipinski definition) is 17. The van der Waals surface area contributed by atoms with Gasteiger partial charge in [0, 0.05) is 39.4 Å². The molecule has 4 aliphatic heterocycles. The number of carbonyl (C=O) groups excluding carboxylic acids is 3. The summed E-state index contributed by atoms with van der Waals surface area (Å²) in [6.45, 7) is 11.6. The third kappa shape index (κ3) is 12.6. The molecule has 0 unspecified atom stereocenters. The number of ether oxygens (including phenoxy) is 9. The molecule has 0 aliphatic carbocycles. The minimum Gasteiger partial charge on any atom is -0.462 e. The van der Waals surface area contributed by atoms with E-state index < -0.39 is 109 Å². The minimum atomic E-state index is -1.48. The first-order chi connectivity index (χ1) is 27.3.